The van der Waals surface area contributed by atoms with E-state index < -0.39 is 0 Å². The van der Waals surface area contributed by atoms with Crippen molar-refractivity contribution < 1.29 is 4.74 Å². The molecule has 2 saturated carbocycles. The summed E-state index contributed by atoms with van der Waals surface area (Å²) in [7, 11) is 0. The minimum absolute atomic E-state index is 0.255. The molecule has 1 aliphatic heterocycles. The number of fused-ring (bicyclic) bond motifs is 1. The Hall–Kier alpha value is -1.19. The van der Waals surface area contributed by atoms with E-state index in [4.69, 9.17) is 22.1 Å². The molecule has 0 aromatic heterocycles. The fourth-order valence-corrected chi connectivity index (χ4v) is 4.46. The average Bonchev–Trinajstić information content (AvgIpc) is 3.42. The molecule has 24 heavy (non-hydrogen) atoms. The van der Waals surface area contributed by atoms with Crippen LogP contribution in [-0.2, 0) is 6.54 Å². The number of halogens is 1. The maximum Gasteiger partial charge on any atom is 0.138 e. The molecular formula is C20H27ClN2O. The number of nitrogens with one attached hydrogen (secondary N) is 1. The average molecular weight is 347 g/mol. The van der Waals surface area contributed by atoms with Crippen molar-refractivity contribution in [2.45, 2.75) is 64.1 Å². The van der Waals surface area contributed by atoms with Crippen LogP contribution in [0, 0.1) is 11.3 Å². The van der Waals surface area contributed by atoms with E-state index in [0.717, 1.165) is 43.9 Å². The Morgan fingerprint density at radius 2 is 2.00 bits per heavy atom. The Morgan fingerprint density at radius 1 is 1.25 bits per heavy atom. The number of benzene rings is 1. The van der Waals surface area contributed by atoms with Crippen molar-refractivity contribution >= 4 is 17.7 Å². The summed E-state index contributed by atoms with van der Waals surface area (Å²) in [6.07, 6.45) is 11.4. The predicted octanol–water partition coefficient (Wildman–Crippen LogP) is 4.48. The highest BCUT2D eigenvalue weighted by Crippen LogP contribution is 2.47. The molecule has 0 spiro atoms. The van der Waals surface area contributed by atoms with Gasteiger partial charge in [0.05, 0.1) is 11.1 Å². The molecule has 1 aromatic rings. The zero-order chi connectivity index (χ0) is 16.7. The van der Waals surface area contributed by atoms with Crippen LogP contribution in [0.4, 0.5) is 0 Å². The monoisotopic (exact) mass is 346 g/mol. The third-order valence-electron chi connectivity index (χ3n) is 6.17. The molecule has 1 unspecified atom stereocenters. The zero-order valence-corrected chi connectivity index (χ0v) is 15.1. The van der Waals surface area contributed by atoms with Crippen LogP contribution in [-0.4, -0.2) is 12.1 Å². The molecule has 3 N–H and O–H groups in total. The maximum absolute atomic E-state index is 6.51. The van der Waals surface area contributed by atoms with Crippen LogP contribution >= 0.6 is 11.6 Å². The summed E-state index contributed by atoms with van der Waals surface area (Å²) in [5.41, 5.74) is 9.22. The molecule has 130 valence electrons. The Labute approximate surface area is 149 Å². The Bertz CT molecular complexity index is 645. The standard InChI is InChI=1S/C20H27ClN2O/c1-20(19(22)13-2-3-13)7-4-16(5-8-20)24-18-11-14-6-9-23-12-15(14)10-17(18)21/h6,9-11,13,16,19,23H,2-5,7-8,12,22H2,1H3. The van der Waals surface area contributed by atoms with Gasteiger partial charge in [-0.2, -0.15) is 0 Å². The number of rotatable bonds is 4. The Morgan fingerprint density at radius 3 is 2.71 bits per heavy atom. The second kappa shape index (κ2) is 6.27. The number of ether oxygens (including phenoxy) is 1. The maximum atomic E-state index is 6.51. The fourth-order valence-electron chi connectivity index (χ4n) is 4.23. The summed E-state index contributed by atoms with van der Waals surface area (Å²) in [5, 5.41) is 3.93. The minimum atomic E-state index is 0.255. The zero-order valence-electron chi connectivity index (χ0n) is 14.4. The van der Waals surface area contributed by atoms with E-state index in [2.05, 4.69) is 24.4 Å². The first kappa shape index (κ1) is 16.3. The summed E-state index contributed by atoms with van der Waals surface area (Å²) in [5.74, 6) is 1.59. The lowest BCUT2D eigenvalue weighted by atomic mass is 9.68. The van der Waals surface area contributed by atoms with Crippen molar-refractivity contribution in [3.8, 4) is 5.75 Å². The van der Waals surface area contributed by atoms with E-state index in [9.17, 15) is 0 Å². The largest absolute Gasteiger partial charge is 0.489 e. The lowest BCUT2D eigenvalue weighted by Crippen LogP contribution is -2.45. The van der Waals surface area contributed by atoms with E-state index in [1.54, 1.807) is 0 Å². The van der Waals surface area contributed by atoms with E-state index in [0.29, 0.717) is 11.1 Å². The Kier molecular flexibility index (Phi) is 4.26. The molecular weight excluding hydrogens is 320 g/mol. The van der Waals surface area contributed by atoms with Gasteiger partial charge in [0.15, 0.2) is 0 Å². The van der Waals surface area contributed by atoms with Crippen LogP contribution in [0.25, 0.3) is 6.08 Å². The molecule has 1 atom stereocenters. The number of hydrogen-bond acceptors (Lipinski definition) is 3. The van der Waals surface area contributed by atoms with Crippen molar-refractivity contribution in [1.82, 2.24) is 5.32 Å². The molecule has 2 fully saturated rings. The molecule has 0 amide bonds. The summed E-state index contributed by atoms with van der Waals surface area (Å²) in [6.45, 7) is 3.20. The Balaban J connectivity index is 1.41. The van der Waals surface area contributed by atoms with E-state index in [1.165, 1.54) is 24.0 Å². The summed E-state index contributed by atoms with van der Waals surface area (Å²) < 4.78 is 6.27. The normalized spacial score (nSPS) is 30.4. The quantitative estimate of drug-likeness (QED) is 0.845. The van der Waals surface area contributed by atoms with Gasteiger partial charge >= 0.3 is 0 Å². The van der Waals surface area contributed by atoms with E-state index >= 15 is 0 Å². The van der Waals surface area contributed by atoms with E-state index in [-0.39, 0.29) is 11.5 Å². The first-order valence-corrected chi connectivity index (χ1v) is 9.57. The molecule has 3 nitrogen and oxygen atoms in total. The molecule has 4 heteroatoms. The minimum Gasteiger partial charge on any atom is -0.489 e. The van der Waals surface area contributed by atoms with Gasteiger partial charge in [0.1, 0.15) is 5.75 Å². The van der Waals surface area contributed by atoms with Crippen LogP contribution < -0.4 is 15.8 Å². The van der Waals surface area contributed by atoms with Gasteiger partial charge < -0.3 is 15.8 Å². The smallest absolute Gasteiger partial charge is 0.138 e. The van der Waals surface area contributed by atoms with Crippen LogP contribution in [0.15, 0.2) is 18.3 Å². The third-order valence-corrected chi connectivity index (χ3v) is 6.47. The first-order valence-electron chi connectivity index (χ1n) is 9.20. The van der Waals surface area contributed by atoms with Crippen molar-refractivity contribution in [3.05, 3.63) is 34.5 Å². The predicted molar refractivity (Wildman–Crippen MR) is 99.0 cm³/mol. The van der Waals surface area contributed by atoms with Gasteiger partial charge in [-0.3, -0.25) is 0 Å². The highest BCUT2D eigenvalue weighted by Gasteiger charge is 2.43. The second-order valence-electron chi connectivity index (χ2n) is 8.03. The molecule has 0 saturated heterocycles. The molecule has 2 aliphatic carbocycles. The van der Waals surface area contributed by atoms with Gasteiger partial charge in [0.25, 0.3) is 0 Å². The van der Waals surface area contributed by atoms with Crippen molar-refractivity contribution in [1.29, 1.82) is 0 Å². The fraction of sp³-hybridized carbons (Fsp3) is 0.600. The molecule has 1 aromatic carbocycles. The highest BCUT2D eigenvalue weighted by molar-refractivity contribution is 6.32. The third kappa shape index (κ3) is 3.16. The van der Waals surface area contributed by atoms with Crippen molar-refractivity contribution in [3.63, 3.8) is 0 Å². The lowest BCUT2D eigenvalue weighted by molar-refractivity contribution is 0.0678. The lowest BCUT2D eigenvalue weighted by Gasteiger charge is -2.41. The van der Waals surface area contributed by atoms with Crippen LogP contribution in [0.1, 0.15) is 56.6 Å². The van der Waals surface area contributed by atoms with E-state index in [1.807, 2.05) is 12.3 Å². The van der Waals surface area contributed by atoms with Gasteiger partial charge in [-0.15, -0.1) is 0 Å². The van der Waals surface area contributed by atoms with Crippen molar-refractivity contribution in [2.75, 3.05) is 0 Å². The number of hydrogen-bond donors (Lipinski definition) is 2. The van der Waals surface area contributed by atoms with Gasteiger partial charge in [0.2, 0.25) is 0 Å². The van der Waals surface area contributed by atoms with Crippen LogP contribution in [0.5, 0.6) is 5.75 Å². The van der Waals surface area contributed by atoms with Crippen LogP contribution in [0.3, 0.4) is 0 Å². The van der Waals surface area contributed by atoms with Gasteiger partial charge in [0, 0.05) is 12.6 Å². The van der Waals surface area contributed by atoms with Gasteiger partial charge in [-0.1, -0.05) is 18.5 Å². The summed E-state index contributed by atoms with van der Waals surface area (Å²) in [6, 6.07) is 4.47. The summed E-state index contributed by atoms with van der Waals surface area (Å²) >= 11 is 6.44. The molecule has 0 bridgehead atoms. The van der Waals surface area contributed by atoms with Crippen LogP contribution in [0.2, 0.25) is 5.02 Å². The van der Waals surface area contributed by atoms with Gasteiger partial charge in [-0.25, -0.2) is 0 Å². The SMILES string of the molecule is CC1(C(N)C2CC2)CCC(Oc2cc3c(cc2Cl)CNC=C3)CC1. The molecule has 0 radical (unpaired) electrons. The molecule has 3 aliphatic rings. The van der Waals surface area contributed by atoms with Crippen molar-refractivity contribution in [2.24, 2.45) is 17.1 Å². The summed E-state index contributed by atoms with van der Waals surface area (Å²) in [4.78, 5) is 0. The highest BCUT2D eigenvalue weighted by atomic mass is 35.5. The molecule has 1 heterocycles. The number of nitrogens with two attached hydrogens (primary N) is 1. The first-order chi connectivity index (χ1) is 11.5. The molecule has 4 rings (SSSR count). The topological polar surface area (TPSA) is 47.3 Å². The van der Waals surface area contributed by atoms with Gasteiger partial charge in [-0.05, 0) is 85.4 Å². The second-order valence-corrected chi connectivity index (χ2v) is 8.44.